The van der Waals surface area contributed by atoms with Gasteiger partial charge in [0, 0.05) is 36.6 Å². The molecule has 21 heavy (non-hydrogen) atoms. The van der Waals surface area contributed by atoms with Crippen molar-refractivity contribution in [1.82, 2.24) is 5.32 Å². The lowest BCUT2D eigenvalue weighted by atomic mass is 10.1. The summed E-state index contributed by atoms with van der Waals surface area (Å²) in [5, 5.41) is 2.85. The predicted octanol–water partition coefficient (Wildman–Crippen LogP) is 1.79. The van der Waals surface area contributed by atoms with Crippen molar-refractivity contribution in [2.24, 2.45) is 5.73 Å². The van der Waals surface area contributed by atoms with Gasteiger partial charge in [0.1, 0.15) is 17.6 Å². The fourth-order valence-corrected chi connectivity index (χ4v) is 2.37. The average Bonchev–Trinajstić information content (AvgIpc) is 2.73. The predicted molar refractivity (Wildman–Crippen MR) is 84.1 cm³/mol. The molecule has 0 aromatic heterocycles. The Morgan fingerprint density at radius 1 is 1.57 bits per heavy atom. The number of amides is 1. The number of nitrogens with two attached hydrogens (primary N) is 1. The molecular formula is C15H23ClN2O3. The molecule has 2 rings (SSSR count). The van der Waals surface area contributed by atoms with Gasteiger partial charge in [-0.1, -0.05) is 0 Å². The normalized spacial score (nSPS) is 17.2. The highest BCUT2D eigenvalue weighted by atomic mass is 35.5. The number of halogens is 1. The summed E-state index contributed by atoms with van der Waals surface area (Å²) in [6.07, 6.45) is 1.40. The Bertz CT molecular complexity index is 506. The van der Waals surface area contributed by atoms with Crippen molar-refractivity contribution in [3.63, 3.8) is 0 Å². The number of methoxy groups -OCH3 is 1. The molecule has 3 N–H and O–H groups in total. The summed E-state index contributed by atoms with van der Waals surface area (Å²) in [4.78, 5) is 11.6. The SMILES string of the molecule is COc1cc2c(cc1CNC(=O)CC(C)N)OC(C)C2.Cl. The first-order valence-corrected chi connectivity index (χ1v) is 6.88. The smallest absolute Gasteiger partial charge is 0.221 e. The number of ether oxygens (including phenoxy) is 2. The van der Waals surface area contributed by atoms with Gasteiger partial charge in [-0.2, -0.15) is 0 Å². The van der Waals surface area contributed by atoms with Gasteiger partial charge in [-0.3, -0.25) is 4.79 Å². The van der Waals surface area contributed by atoms with Crippen molar-refractivity contribution in [1.29, 1.82) is 0 Å². The van der Waals surface area contributed by atoms with Crippen LogP contribution < -0.4 is 20.5 Å². The number of hydrogen-bond donors (Lipinski definition) is 2. The monoisotopic (exact) mass is 314 g/mol. The summed E-state index contributed by atoms with van der Waals surface area (Å²) in [5.41, 5.74) is 7.67. The van der Waals surface area contributed by atoms with Crippen LogP contribution in [0.3, 0.4) is 0 Å². The van der Waals surface area contributed by atoms with E-state index in [0.29, 0.717) is 13.0 Å². The minimum atomic E-state index is -0.138. The number of fused-ring (bicyclic) bond motifs is 1. The maximum absolute atomic E-state index is 11.6. The number of nitrogens with one attached hydrogen (secondary N) is 1. The molecule has 0 saturated carbocycles. The van der Waals surface area contributed by atoms with Crippen LogP contribution in [0.15, 0.2) is 12.1 Å². The third kappa shape index (κ3) is 4.51. The van der Waals surface area contributed by atoms with Gasteiger partial charge < -0.3 is 20.5 Å². The molecule has 5 nitrogen and oxygen atoms in total. The molecule has 1 heterocycles. The Morgan fingerprint density at radius 2 is 2.29 bits per heavy atom. The molecular weight excluding hydrogens is 292 g/mol. The Morgan fingerprint density at radius 3 is 2.90 bits per heavy atom. The quantitative estimate of drug-likeness (QED) is 0.869. The largest absolute Gasteiger partial charge is 0.496 e. The van der Waals surface area contributed by atoms with E-state index >= 15 is 0 Å². The highest BCUT2D eigenvalue weighted by molar-refractivity contribution is 5.85. The van der Waals surface area contributed by atoms with Crippen molar-refractivity contribution in [2.75, 3.05) is 7.11 Å². The lowest BCUT2D eigenvalue weighted by Gasteiger charge is -2.12. The highest BCUT2D eigenvalue weighted by Crippen LogP contribution is 2.34. The summed E-state index contributed by atoms with van der Waals surface area (Å²) in [6, 6.07) is 3.80. The molecule has 0 bridgehead atoms. The van der Waals surface area contributed by atoms with E-state index in [4.69, 9.17) is 15.2 Å². The van der Waals surface area contributed by atoms with Crippen molar-refractivity contribution < 1.29 is 14.3 Å². The third-order valence-electron chi connectivity index (χ3n) is 3.28. The Balaban J connectivity index is 0.00000220. The van der Waals surface area contributed by atoms with Crippen molar-refractivity contribution in [3.05, 3.63) is 23.3 Å². The van der Waals surface area contributed by atoms with Gasteiger partial charge in [0.05, 0.1) is 7.11 Å². The van der Waals surface area contributed by atoms with Crippen LogP contribution in [-0.4, -0.2) is 25.2 Å². The van der Waals surface area contributed by atoms with Crippen LogP contribution in [0.25, 0.3) is 0 Å². The maximum atomic E-state index is 11.6. The molecule has 1 amide bonds. The molecule has 1 aromatic carbocycles. The molecule has 118 valence electrons. The second-order valence-corrected chi connectivity index (χ2v) is 5.36. The van der Waals surface area contributed by atoms with Crippen molar-refractivity contribution >= 4 is 18.3 Å². The zero-order chi connectivity index (χ0) is 14.7. The van der Waals surface area contributed by atoms with E-state index in [1.54, 1.807) is 7.11 Å². The second kappa shape index (κ2) is 7.52. The Labute approximate surface area is 131 Å². The zero-order valence-electron chi connectivity index (χ0n) is 12.6. The molecule has 0 saturated heterocycles. The zero-order valence-corrected chi connectivity index (χ0v) is 13.5. The molecule has 0 spiro atoms. The van der Waals surface area contributed by atoms with Gasteiger partial charge >= 0.3 is 0 Å². The van der Waals surface area contributed by atoms with Crippen molar-refractivity contribution in [3.8, 4) is 11.5 Å². The van der Waals surface area contributed by atoms with Gasteiger partial charge in [-0.15, -0.1) is 12.4 Å². The molecule has 6 heteroatoms. The van der Waals surface area contributed by atoms with Gasteiger partial charge in [-0.25, -0.2) is 0 Å². The second-order valence-electron chi connectivity index (χ2n) is 5.36. The fourth-order valence-electron chi connectivity index (χ4n) is 2.37. The molecule has 0 fully saturated rings. The number of carbonyl (C=O) groups excluding carboxylic acids is 1. The molecule has 1 aliphatic rings. The van der Waals surface area contributed by atoms with E-state index in [-0.39, 0.29) is 30.5 Å². The van der Waals surface area contributed by atoms with Gasteiger partial charge in [0.25, 0.3) is 0 Å². The Kier molecular flexibility index (Phi) is 6.30. The summed E-state index contributed by atoms with van der Waals surface area (Å²) in [6.45, 7) is 4.26. The van der Waals surface area contributed by atoms with E-state index < -0.39 is 0 Å². The fraction of sp³-hybridized carbons (Fsp3) is 0.533. The number of rotatable bonds is 5. The van der Waals surface area contributed by atoms with E-state index in [9.17, 15) is 4.79 Å². The summed E-state index contributed by atoms with van der Waals surface area (Å²) in [7, 11) is 1.63. The van der Waals surface area contributed by atoms with Gasteiger partial charge in [0.15, 0.2) is 0 Å². The molecule has 1 aliphatic heterocycles. The van der Waals surface area contributed by atoms with Crippen molar-refractivity contribution in [2.45, 2.75) is 45.4 Å². The van der Waals surface area contributed by atoms with E-state index in [2.05, 4.69) is 5.32 Å². The van der Waals surface area contributed by atoms with Crippen LogP contribution in [-0.2, 0) is 17.8 Å². The molecule has 0 aliphatic carbocycles. The standard InChI is InChI=1S/C15H22N2O3.ClH/c1-9(16)4-15(18)17-8-12-7-14-11(5-10(2)20-14)6-13(12)19-3;/h6-7,9-10H,4-5,8,16H2,1-3H3,(H,17,18);1H. The topological polar surface area (TPSA) is 73.6 Å². The summed E-state index contributed by atoms with van der Waals surface area (Å²) < 4.78 is 11.1. The van der Waals surface area contributed by atoms with Crippen LogP contribution in [0.2, 0.25) is 0 Å². The molecule has 2 unspecified atom stereocenters. The molecule has 0 radical (unpaired) electrons. The number of carbonyl (C=O) groups is 1. The van der Waals surface area contributed by atoms with E-state index in [0.717, 1.165) is 29.0 Å². The maximum Gasteiger partial charge on any atom is 0.221 e. The van der Waals surface area contributed by atoms with Gasteiger partial charge in [-0.05, 0) is 26.0 Å². The summed E-state index contributed by atoms with van der Waals surface area (Å²) >= 11 is 0. The highest BCUT2D eigenvalue weighted by Gasteiger charge is 2.21. The third-order valence-corrected chi connectivity index (χ3v) is 3.28. The first kappa shape index (κ1) is 17.6. The summed E-state index contributed by atoms with van der Waals surface area (Å²) in [5.74, 6) is 1.61. The minimum Gasteiger partial charge on any atom is -0.496 e. The lowest BCUT2D eigenvalue weighted by molar-refractivity contribution is -0.121. The number of benzene rings is 1. The minimum absolute atomic E-state index is 0. The number of hydrogen-bond acceptors (Lipinski definition) is 4. The Hall–Kier alpha value is -1.46. The van der Waals surface area contributed by atoms with Crippen LogP contribution in [0.5, 0.6) is 11.5 Å². The van der Waals surface area contributed by atoms with Crippen LogP contribution in [0.4, 0.5) is 0 Å². The lowest BCUT2D eigenvalue weighted by Crippen LogP contribution is -2.29. The average molecular weight is 315 g/mol. The molecule has 1 aromatic rings. The first-order valence-electron chi connectivity index (χ1n) is 6.88. The van der Waals surface area contributed by atoms with Crippen LogP contribution in [0.1, 0.15) is 31.4 Å². The van der Waals surface area contributed by atoms with E-state index in [1.165, 1.54) is 0 Å². The van der Waals surface area contributed by atoms with Crippen LogP contribution in [0, 0.1) is 0 Å². The van der Waals surface area contributed by atoms with Gasteiger partial charge in [0.2, 0.25) is 5.91 Å². The van der Waals surface area contributed by atoms with E-state index in [1.807, 2.05) is 26.0 Å². The van der Waals surface area contributed by atoms with Crippen LogP contribution >= 0.6 is 12.4 Å². The first-order chi connectivity index (χ1) is 9.49. The molecule has 2 atom stereocenters.